The lowest BCUT2D eigenvalue weighted by Gasteiger charge is -2.62. The maximum Gasteiger partial charge on any atom is 0.356 e. The number of nitrogen functional groups attached to an aromatic ring is 1. The predicted molar refractivity (Wildman–Crippen MR) is 303 cm³/mol. The number of fused-ring (bicyclic) bond motifs is 3. The monoisotopic (exact) mass is 1180 g/mol. The molecule has 10 rings (SSSR count). The molecule has 4 aliphatic heterocycles. The van der Waals surface area contributed by atoms with E-state index in [4.69, 9.17) is 29.8 Å². The lowest BCUT2D eigenvalue weighted by molar-refractivity contribution is -0.671. The number of pyridine rings is 1. The van der Waals surface area contributed by atoms with Crippen molar-refractivity contribution in [1.82, 2.24) is 29.5 Å². The van der Waals surface area contributed by atoms with E-state index >= 15 is 0 Å². The summed E-state index contributed by atoms with van der Waals surface area (Å²) in [5.74, 6) is -3.72. The molecule has 7 aliphatic rings. The summed E-state index contributed by atoms with van der Waals surface area (Å²) < 4.78 is 26.1. The molecule has 3 aromatic rings. The number of ketones is 1. The van der Waals surface area contributed by atoms with E-state index in [0.29, 0.717) is 39.4 Å². The Morgan fingerprint density at radius 3 is 2.49 bits per heavy atom. The number of thioether (sulfide) groups is 3. The van der Waals surface area contributed by atoms with Crippen molar-refractivity contribution in [3.8, 4) is 11.3 Å². The van der Waals surface area contributed by atoms with Gasteiger partial charge in [-0.1, -0.05) is 50.7 Å². The third-order valence-electron chi connectivity index (χ3n) is 18.4. The number of esters is 3. The minimum absolute atomic E-state index is 0.0554. The van der Waals surface area contributed by atoms with Gasteiger partial charge in [0.2, 0.25) is 11.5 Å². The second kappa shape index (κ2) is 22.8. The topological polar surface area (TPSA) is 239 Å². The fourth-order valence-electron chi connectivity index (χ4n) is 13.8. The van der Waals surface area contributed by atoms with Gasteiger partial charge in [-0.3, -0.25) is 24.1 Å². The number of hydrogen-bond acceptors (Lipinski definition) is 21. The van der Waals surface area contributed by atoms with E-state index in [1.54, 1.807) is 24.8 Å². The zero-order valence-corrected chi connectivity index (χ0v) is 49.9. The van der Waals surface area contributed by atoms with Crippen LogP contribution in [0, 0.1) is 34.0 Å². The molecule has 424 valence electrons. The van der Waals surface area contributed by atoms with Gasteiger partial charge in [0.05, 0.1) is 11.4 Å². The van der Waals surface area contributed by atoms with Crippen LogP contribution in [0.1, 0.15) is 105 Å². The van der Waals surface area contributed by atoms with E-state index in [9.17, 15) is 28.8 Å². The molecule has 19 nitrogen and oxygen atoms in total. The summed E-state index contributed by atoms with van der Waals surface area (Å²) in [5, 5.41) is 8.28. The summed E-state index contributed by atoms with van der Waals surface area (Å²) >= 11 is 6.47. The Bertz CT molecular complexity index is 2960. The van der Waals surface area contributed by atoms with E-state index in [2.05, 4.69) is 59.1 Å². The summed E-state index contributed by atoms with van der Waals surface area (Å²) in [4.78, 5) is 105. The van der Waals surface area contributed by atoms with Gasteiger partial charge in [-0.05, 0) is 83.6 Å². The number of anilines is 1. The fraction of sp³-hybridized carbons (Fsp3) is 0.618. The molecule has 6 fully saturated rings. The highest BCUT2D eigenvalue weighted by molar-refractivity contribution is 8.07. The quantitative estimate of drug-likeness (QED) is 0.0264. The number of oxime groups is 1. The zero-order valence-electron chi connectivity index (χ0n) is 45.8. The van der Waals surface area contributed by atoms with Crippen molar-refractivity contribution in [3.63, 3.8) is 0 Å². The van der Waals surface area contributed by atoms with Crippen LogP contribution >= 0.6 is 58.2 Å². The van der Waals surface area contributed by atoms with Crippen LogP contribution in [0.3, 0.4) is 0 Å². The molecule has 13 atom stereocenters. The number of ether oxygens (including phenoxy) is 3. The third kappa shape index (κ3) is 10.7. The van der Waals surface area contributed by atoms with Gasteiger partial charge >= 0.3 is 17.9 Å². The number of nitrogens with zero attached hydrogens (tertiary/aromatic N) is 7. The molecule has 24 heteroatoms. The minimum Gasteiger partial charge on any atom is -0.461 e. The average Bonchev–Trinajstić information content (AvgIpc) is 4.12. The molecule has 79 heavy (non-hydrogen) atoms. The Morgan fingerprint density at radius 1 is 1.08 bits per heavy atom. The normalized spacial score (nSPS) is 33.6. The summed E-state index contributed by atoms with van der Waals surface area (Å²) in [6.45, 7) is 15.9. The maximum absolute atomic E-state index is 14.9. The number of nitrogens with one attached hydrogen (secondary N) is 1. The molecule has 0 spiro atoms. The van der Waals surface area contributed by atoms with Crippen molar-refractivity contribution >= 4 is 105 Å². The predicted octanol–water partition coefficient (Wildman–Crippen LogP) is 6.96. The van der Waals surface area contributed by atoms with Crippen LogP contribution < -0.4 is 15.6 Å². The van der Waals surface area contributed by atoms with Gasteiger partial charge in [-0.2, -0.15) is 9.36 Å². The Hall–Kier alpha value is -4.88. The third-order valence-corrected chi connectivity index (χ3v) is 23.7. The van der Waals surface area contributed by atoms with Crippen molar-refractivity contribution in [3.05, 3.63) is 59.0 Å². The molecule has 4 bridgehead atoms. The van der Waals surface area contributed by atoms with E-state index < -0.39 is 75.6 Å². The first-order chi connectivity index (χ1) is 37.7. The van der Waals surface area contributed by atoms with Crippen molar-refractivity contribution in [1.29, 1.82) is 0 Å². The lowest BCUT2D eigenvalue weighted by Crippen LogP contribution is -2.71. The molecule has 0 aromatic carbocycles. The maximum atomic E-state index is 14.9. The molecule has 2 amide bonds. The number of aromatic nitrogens is 4. The van der Waals surface area contributed by atoms with Crippen LogP contribution in [-0.4, -0.2) is 138 Å². The van der Waals surface area contributed by atoms with Gasteiger partial charge in [0.15, 0.2) is 28.0 Å². The minimum atomic E-state index is -1.48. The fourth-order valence-corrected chi connectivity index (χ4v) is 18.9. The SMILES string of the molecule is C=C[C@@]1(C)C[C@H](OC(=O)CSC2CC3CCC(C2)N3C)[C@@]2(C)C(C)CCC3(CCC(=O)C32)[C@H](C)[C@@H]1OC(=O)C(C)OC(=O)C1=C(Sc2nc(-c3cc[n+](C)cc3)cs2)CSC2[C@H](NC(=O)/C(=N/OCC)c3nsc(N)n3)C(=O)N12. The Labute approximate surface area is 481 Å². The summed E-state index contributed by atoms with van der Waals surface area (Å²) in [5.41, 5.74) is 4.84. The first-order valence-electron chi connectivity index (χ1n) is 27.2. The first kappa shape index (κ1) is 57.4. The molecule has 7 heterocycles. The molecule has 0 radical (unpaired) electrons. The smallest absolute Gasteiger partial charge is 0.356 e. The number of piperidine rings is 1. The molecule has 3 saturated carbocycles. The van der Waals surface area contributed by atoms with E-state index in [1.807, 2.05) is 48.4 Å². The van der Waals surface area contributed by atoms with Gasteiger partial charge in [-0.25, -0.2) is 19.1 Å². The first-order valence-corrected chi connectivity index (χ1v) is 31.7. The molecule has 3 aliphatic carbocycles. The average molecular weight is 1180 g/mol. The van der Waals surface area contributed by atoms with E-state index in [0.717, 1.165) is 48.5 Å². The summed E-state index contributed by atoms with van der Waals surface area (Å²) in [7, 11) is 4.13. The highest BCUT2D eigenvalue weighted by Crippen LogP contribution is 2.68. The molecule has 3 aromatic heterocycles. The number of Topliss-reactive ketones (excluding diaryl/α,β-unsaturated/α-hetero) is 1. The second-order valence-corrected chi connectivity index (χ2v) is 28.2. The van der Waals surface area contributed by atoms with Crippen molar-refractivity contribution < 1.29 is 52.4 Å². The van der Waals surface area contributed by atoms with Gasteiger partial charge < -0.3 is 35.0 Å². The second-order valence-electron chi connectivity index (χ2n) is 22.8. The van der Waals surface area contributed by atoms with Gasteiger partial charge in [0.1, 0.15) is 48.8 Å². The van der Waals surface area contributed by atoms with Crippen LogP contribution in [0.15, 0.2) is 62.7 Å². The van der Waals surface area contributed by atoms with E-state index in [1.165, 1.54) is 59.5 Å². The number of rotatable bonds is 17. The van der Waals surface area contributed by atoms with Crippen LogP contribution in [0.4, 0.5) is 5.13 Å². The van der Waals surface area contributed by atoms with E-state index in [-0.39, 0.29) is 70.5 Å². The van der Waals surface area contributed by atoms with Crippen LogP contribution in [0.25, 0.3) is 11.3 Å². The van der Waals surface area contributed by atoms with Gasteiger partial charge in [-0.15, -0.1) is 41.4 Å². The number of hydrogen-bond donors (Lipinski definition) is 2. The number of β-lactam (4-membered cyclic amide) rings is 1. The highest BCUT2D eigenvalue weighted by atomic mass is 32.2. The van der Waals surface area contributed by atoms with Crippen LogP contribution in [0.2, 0.25) is 0 Å². The standard InChI is InChI=1S/C55H69N9O10S5/c1-10-53(6)24-38(73-39(66)27-75-34-22-32-12-13-33(23-34)63(32)9)54(7)28(3)14-18-55(19-15-36(65)43(54)55)29(4)44(53)74-49(69)30(5)72-50(70)42-37(78-52-57-35(25-77-52)31-16-20-62(8)21-17-31)26-76-48-41(47(68)64(42)48)58-46(67)40(60-71-11-2)45-59-51(56)79-61-45/h10,16-17,20-21,25,28-30,32-34,38,41,43-44,48H,1,11-15,18-19,22-24,26-27H2,2-9H3,(H2-,56,58,59,61,67)/p+1/b60-40+/t28?,29-,30?,32?,33?,34?,38+,41-,43?,44+,48?,53+,54-,55?/m1/s1. The van der Waals surface area contributed by atoms with Gasteiger partial charge in [0, 0.05) is 91.7 Å². The Kier molecular flexibility index (Phi) is 16.6. The van der Waals surface area contributed by atoms with Gasteiger partial charge in [0.25, 0.3) is 11.8 Å². The zero-order chi connectivity index (χ0) is 56.3. The Balaban J connectivity index is 0.902. The van der Waals surface area contributed by atoms with Crippen LogP contribution in [-0.2, 0) is 54.9 Å². The number of aryl methyl sites for hydroxylation is 1. The Morgan fingerprint density at radius 2 is 1.81 bits per heavy atom. The summed E-state index contributed by atoms with van der Waals surface area (Å²) in [6, 6.07) is 3.87. The molecular formula is C55H70N9O10S5+. The van der Waals surface area contributed by atoms with Crippen molar-refractivity contribution in [2.45, 2.75) is 151 Å². The van der Waals surface area contributed by atoms with Crippen molar-refractivity contribution in [2.75, 3.05) is 30.9 Å². The molecule has 3 saturated heterocycles. The largest absolute Gasteiger partial charge is 0.461 e. The number of nitrogens with two attached hydrogens (primary N) is 1. The van der Waals surface area contributed by atoms with Crippen LogP contribution in [0.5, 0.6) is 0 Å². The number of thiazole rings is 1. The molecule has 3 N–H and O–H groups in total. The highest BCUT2D eigenvalue weighted by Gasteiger charge is 2.69. The number of amides is 2. The summed E-state index contributed by atoms with van der Waals surface area (Å²) in [6.07, 6.45) is 9.79. The van der Waals surface area contributed by atoms with Crippen molar-refractivity contribution in [2.24, 2.45) is 46.2 Å². The number of carbonyl (C=O) groups is 6. The number of carbonyl (C=O) groups excluding carboxylic acids is 6. The lowest BCUT2D eigenvalue weighted by atomic mass is 9.44. The molecular weight excluding hydrogens is 1110 g/mol. The molecule has 7 unspecified atom stereocenters.